The maximum Gasteiger partial charge on any atom is 0.255 e. The van der Waals surface area contributed by atoms with Crippen LogP contribution in [0.15, 0.2) is 133 Å². The average Bonchev–Trinajstić information content (AvgIpc) is 1.60. The van der Waals surface area contributed by atoms with Crippen molar-refractivity contribution in [2.24, 2.45) is 17.8 Å². The van der Waals surface area contributed by atoms with Crippen LogP contribution in [0, 0.1) is 31.2 Å². The number of aromatic nitrogens is 1. The van der Waals surface area contributed by atoms with E-state index in [2.05, 4.69) is 100 Å². The number of aliphatic hydroxyl groups is 3. The molecule has 9 unspecified atom stereocenters. The first-order valence-corrected chi connectivity index (χ1v) is 41.7. The van der Waals surface area contributed by atoms with Crippen molar-refractivity contribution >= 4 is 81.8 Å². The van der Waals surface area contributed by atoms with Gasteiger partial charge in [0.25, 0.3) is 17.7 Å². The molecule has 0 bridgehead atoms. The van der Waals surface area contributed by atoms with Gasteiger partial charge in [-0.2, -0.15) is 0 Å². The Bertz CT molecular complexity index is 4970. The molecule has 0 saturated carbocycles. The fraction of sp³-hybridized carbons (Fsp3) is 0.467. The van der Waals surface area contributed by atoms with Crippen LogP contribution in [0.4, 0.5) is 5.69 Å². The number of thiazole rings is 1. The number of carbonyl (C=O) groups is 9. The van der Waals surface area contributed by atoms with E-state index in [-0.39, 0.29) is 139 Å². The number of β-amino-alcohol motifs (C(OH)–C–C–N with tert-alkyl or cyclic N) is 3. The van der Waals surface area contributed by atoms with Crippen LogP contribution >= 0.6 is 22.9 Å². The van der Waals surface area contributed by atoms with Gasteiger partial charge >= 0.3 is 0 Å². The molecule has 0 spiro atoms. The van der Waals surface area contributed by atoms with E-state index in [1.165, 1.54) is 14.7 Å². The Kier molecular flexibility index (Phi) is 27.0. The van der Waals surface area contributed by atoms with E-state index < -0.39 is 54.6 Å². The summed E-state index contributed by atoms with van der Waals surface area (Å²) in [6.45, 7) is 41.6. The van der Waals surface area contributed by atoms with Gasteiger partial charge in [0.1, 0.15) is 36.3 Å². The summed E-state index contributed by atoms with van der Waals surface area (Å²) in [7, 11) is 0. The zero-order chi connectivity index (χ0) is 85.2. The van der Waals surface area contributed by atoms with E-state index >= 15 is 0 Å². The normalized spacial score (nSPS) is 19.9. The summed E-state index contributed by atoms with van der Waals surface area (Å²) < 4.78 is 0. The molecule has 7 heterocycles. The number of halogens is 1. The third-order valence-electron chi connectivity index (χ3n) is 23.0. The number of aliphatic hydroxyl groups excluding tert-OH is 3. The molecule has 0 aliphatic carbocycles. The number of rotatable bonds is 19. The van der Waals surface area contributed by atoms with E-state index in [4.69, 9.17) is 18.2 Å². The second-order valence-electron chi connectivity index (χ2n) is 35.8. The fourth-order valence-corrected chi connectivity index (χ4v) is 18.2. The van der Waals surface area contributed by atoms with Gasteiger partial charge in [-0.25, -0.2) is 9.83 Å². The summed E-state index contributed by atoms with van der Waals surface area (Å²) in [4.78, 5) is 140. The van der Waals surface area contributed by atoms with Crippen molar-refractivity contribution in [3.8, 4) is 10.4 Å². The van der Waals surface area contributed by atoms with Crippen molar-refractivity contribution in [2.75, 3.05) is 19.6 Å². The van der Waals surface area contributed by atoms with Gasteiger partial charge in [-0.05, 0) is 133 Å². The van der Waals surface area contributed by atoms with Gasteiger partial charge in [0.15, 0.2) is 5.69 Å². The van der Waals surface area contributed by atoms with Crippen LogP contribution in [0.25, 0.3) is 15.3 Å². The highest BCUT2D eigenvalue weighted by atomic mass is 35.5. The molecule has 0 radical (unpaired) electrons. The van der Waals surface area contributed by atoms with Crippen LogP contribution in [0.2, 0.25) is 5.02 Å². The van der Waals surface area contributed by atoms with Gasteiger partial charge in [-0.3, -0.25) is 43.2 Å². The van der Waals surface area contributed by atoms with Crippen molar-refractivity contribution in [1.29, 1.82) is 0 Å². The Morgan fingerprint density at radius 1 is 0.487 bits per heavy atom. The standard InChI is InChI=1S/C33H40N4O4S.C30H36N4O4.C29H36ClN3O4/c1-19(2)28(37-16-23-9-7-8-10-25(23)31(37)40)32(41)36-17-24(38)14-27(36)30(39)34-15-22-12-11-21(13-26(22)33(4,5)6)29-20(3)35-18-42-29;1-18(2)26(34-16-20-9-7-8-10-23(20)28(34)37)29(38)33-17-22(35)14-25(33)27(36)32-15-19-11-12-21(31-6)13-24(19)30(3,4)5;1-17(2)25(33-15-19-8-6-7-9-22(19)27(33)36)28(37)32-16-21(34)13-24(32)26(35)31-14-18-10-11-20(30)12-23(18)29(3,4)5/h7-13,18-19,24,27-28,38H,14-17H2,1-6H3,(H,34,39);7-13,18,22,25-26,35H,14-17H2,1-5H3,(H,32,36);6-12,17,21,24-25,34H,13-16H2,1-5H3,(H,31,35). The predicted octanol–water partition coefficient (Wildman–Crippen LogP) is 12.4. The quantitative estimate of drug-likeness (QED) is 0.0411. The Balaban J connectivity index is 0.000000173. The van der Waals surface area contributed by atoms with Crippen molar-refractivity contribution in [3.63, 3.8) is 0 Å². The Morgan fingerprint density at radius 3 is 1.13 bits per heavy atom. The molecule has 3 saturated heterocycles. The maximum atomic E-state index is 14.0. The maximum absolute atomic E-state index is 14.0. The van der Waals surface area contributed by atoms with Crippen LogP contribution < -0.4 is 16.0 Å². The van der Waals surface area contributed by atoms with Gasteiger partial charge in [-0.15, -0.1) is 11.3 Å². The Hall–Kier alpha value is -10.2. The summed E-state index contributed by atoms with van der Waals surface area (Å²) in [5, 5.41) is 41.1. The van der Waals surface area contributed by atoms with Gasteiger partial charge in [0, 0.05) is 99.9 Å². The van der Waals surface area contributed by atoms with E-state index in [9.17, 15) is 58.5 Å². The van der Waals surface area contributed by atoms with Gasteiger partial charge in [-0.1, -0.05) is 206 Å². The summed E-state index contributed by atoms with van der Waals surface area (Å²) in [5.74, 6) is -2.98. The fourth-order valence-electron chi connectivity index (χ4n) is 17.2. The van der Waals surface area contributed by atoms with Crippen LogP contribution in [-0.2, 0) is 84.3 Å². The largest absolute Gasteiger partial charge is 0.391 e. The molecule has 13 rings (SSSR count). The lowest BCUT2D eigenvalue weighted by Crippen LogP contribution is -2.55. The zero-order valence-electron chi connectivity index (χ0n) is 70.0. The minimum absolute atomic E-state index is 0.0437. The van der Waals surface area contributed by atoms with E-state index in [1.54, 1.807) is 56.4 Å². The number of nitrogens with one attached hydrogen (secondary N) is 3. The number of benzene rings is 6. The molecular formula is C92H112ClN11O12S. The van der Waals surface area contributed by atoms with Gasteiger partial charge in [0.2, 0.25) is 35.4 Å². The summed E-state index contributed by atoms with van der Waals surface area (Å²) in [6.07, 6.45) is -1.98. The number of carbonyl (C=O) groups excluding carboxylic acids is 9. The predicted molar refractivity (Wildman–Crippen MR) is 451 cm³/mol. The number of nitrogens with zero attached hydrogens (tertiary/aromatic N) is 8. The minimum Gasteiger partial charge on any atom is -0.391 e. The topological polar surface area (TPSA) is 287 Å². The number of amides is 9. The van der Waals surface area contributed by atoms with Crippen LogP contribution in [0.1, 0.15) is 210 Å². The Morgan fingerprint density at radius 2 is 0.812 bits per heavy atom. The molecule has 6 aliphatic rings. The smallest absolute Gasteiger partial charge is 0.255 e. The highest BCUT2D eigenvalue weighted by Gasteiger charge is 2.50. The molecule has 23 nitrogen and oxygen atoms in total. The molecule has 9 atom stereocenters. The van der Waals surface area contributed by atoms with Gasteiger partial charge < -0.3 is 60.7 Å². The first kappa shape index (κ1) is 87.7. The highest BCUT2D eigenvalue weighted by Crippen LogP contribution is 2.39. The molecule has 6 aliphatic heterocycles. The second kappa shape index (κ2) is 36.0. The zero-order valence-corrected chi connectivity index (χ0v) is 71.6. The monoisotopic (exact) mass is 1630 g/mol. The van der Waals surface area contributed by atoms with E-state index in [0.717, 1.165) is 66.2 Å². The molecule has 6 aromatic carbocycles. The molecule has 3 fully saturated rings. The van der Waals surface area contributed by atoms with Crippen LogP contribution in [0.3, 0.4) is 0 Å². The number of fused-ring (bicyclic) bond motifs is 3. The first-order chi connectivity index (χ1) is 55.2. The molecule has 1 aromatic heterocycles. The van der Waals surface area contributed by atoms with E-state index in [0.29, 0.717) is 53.6 Å². The van der Waals surface area contributed by atoms with Crippen LogP contribution in [0.5, 0.6) is 0 Å². The highest BCUT2D eigenvalue weighted by molar-refractivity contribution is 7.13. The van der Waals surface area contributed by atoms with Crippen LogP contribution in [-0.4, -0.2) is 177 Å². The molecule has 620 valence electrons. The third kappa shape index (κ3) is 19.4. The summed E-state index contributed by atoms with van der Waals surface area (Å²) >= 11 is 7.83. The molecular weight excluding hydrogens is 1520 g/mol. The number of hydrogen-bond acceptors (Lipinski definition) is 14. The van der Waals surface area contributed by atoms with Crippen molar-refractivity contribution < 1.29 is 58.5 Å². The molecule has 6 N–H and O–H groups in total. The van der Waals surface area contributed by atoms with E-state index in [1.807, 2.05) is 139 Å². The summed E-state index contributed by atoms with van der Waals surface area (Å²) in [6, 6.07) is 34.8. The van der Waals surface area contributed by atoms with Crippen molar-refractivity contribution in [3.05, 3.63) is 222 Å². The third-order valence-corrected chi connectivity index (χ3v) is 24.2. The second-order valence-corrected chi connectivity index (χ2v) is 37.1. The molecule has 9 amide bonds. The first-order valence-electron chi connectivity index (χ1n) is 40.5. The molecule has 25 heteroatoms. The van der Waals surface area contributed by atoms with Crippen molar-refractivity contribution in [2.45, 2.75) is 240 Å². The lowest BCUT2D eigenvalue weighted by molar-refractivity contribution is -0.143. The number of hydrogen-bond donors (Lipinski definition) is 6. The lowest BCUT2D eigenvalue weighted by Gasteiger charge is -2.35. The SMILES string of the molecule is CC(C)C(C(=O)N1CC(O)CC1C(=O)NCc1ccc(Cl)cc1C(C)(C)C)N1Cc2ccccc2C1=O.Cc1ncsc1-c1ccc(CNC(=O)C2CC(O)CN2C(=O)C(C(C)C)N2Cc3ccccc3C2=O)c(C(C)(C)C)c1.[C-]#[N+]c1ccc(CNC(=O)C2CC(O)CN2C(=O)C(C(C)C)N2Cc3ccccc3C2=O)c(C(C)(C)C)c1. The Labute approximate surface area is 696 Å². The van der Waals surface area contributed by atoms with Gasteiger partial charge in [0.05, 0.1) is 41.0 Å². The van der Waals surface area contributed by atoms with Crippen molar-refractivity contribution in [1.82, 2.24) is 50.3 Å². The number of likely N-dealkylation sites (tertiary alicyclic amines) is 3. The molecule has 117 heavy (non-hydrogen) atoms. The molecule has 7 aromatic rings. The average molecular weight is 1630 g/mol. The number of aryl methyl sites for hydroxylation is 1. The summed E-state index contributed by atoms with van der Waals surface area (Å²) in [5.41, 5.74) is 14.4. The lowest BCUT2D eigenvalue weighted by atomic mass is 9.82. The minimum atomic E-state index is -0.834.